The van der Waals surface area contributed by atoms with Crippen molar-refractivity contribution >= 4 is 22.9 Å². The van der Waals surface area contributed by atoms with Crippen LogP contribution in [0.4, 0.5) is 5.69 Å². The van der Waals surface area contributed by atoms with Crippen molar-refractivity contribution in [1.29, 1.82) is 0 Å². The van der Waals surface area contributed by atoms with Gasteiger partial charge in [-0.15, -0.1) is 0 Å². The highest BCUT2D eigenvalue weighted by Crippen LogP contribution is 2.28. The number of aliphatic imine (C=N–C) groups is 2. The number of benzene rings is 3. The molecule has 1 aliphatic carbocycles. The summed E-state index contributed by atoms with van der Waals surface area (Å²) in [5.41, 5.74) is 21.4. The number of rotatable bonds is 8. The van der Waals surface area contributed by atoms with Crippen molar-refractivity contribution < 1.29 is 0 Å². The van der Waals surface area contributed by atoms with E-state index in [2.05, 4.69) is 94.4 Å². The first-order valence-corrected chi connectivity index (χ1v) is 15.3. The van der Waals surface area contributed by atoms with Crippen molar-refractivity contribution in [3.05, 3.63) is 119 Å². The Balaban J connectivity index is 0.000000233. The number of nitrogens with zero attached hydrogens (tertiary/aromatic N) is 2. The van der Waals surface area contributed by atoms with E-state index in [9.17, 15) is 0 Å². The lowest BCUT2D eigenvalue weighted by atomic mass is 9.82. The molecule has 0 saturated heterocycles. The summed E-state index contributed by atoms with van der Waals surface area (Å²) in [6.45, 7) is 19.3. The molecule has 4 heteroatoms. The molecule has 0 radical (unpaired) electrons. The summed E-state index contributed by atoms with van der Waals surface area (Å²) >= 11 is 0. The normalized spacial score (nSPS) is 13.1. The van der Waals surface area contributed by atoms with Crippen LogP contribution in [0, 0.1) is 19.8 Å². The second-order valence-electron chi connectivity index (χ2n) is 11.2. The summed E-state index contributed by atoms with van der Waals surface area (Å²) in [5.74, 6) is 0.739. The Morgan fingerprint density at radius 3 is 1.98 bits per heavy atom. The van der Waals surface area contributed by atoms with Crippen LogP contribution in [0.3, 0.4) is 0 Å². The van der Waals surface area contributed by atoms with Gasteiger partial charge in [-0.1, -0.05) is 118 Å². The first-order valence-electron chi connectivity index (χ1n) is 15.3. The summed E-state index contributed by atoms with van der Waals surface area (Å²) in [6, 6.07) is 25.0. The zero-order valence-corrected chi connectivity index (χ0v) is 26.6. The number of hydrogen-bond donors (Lipinski definition) is 2. The van der Waals surface area contributed by atoms with Gasteiger partial charge in [0.05, 0.1) is 12.2 Å². The highest BCUT2D eigenvalue weighted by molar-refractivity contribution is 6.03. The van der Waals surface area contributed by atoms with Crippen LogP contribution in [0.15, 0.2) is 102 Å². The minimum absolute atomic E-state index is 0.0915. The van der Waals surface area contributed by atoms with E-state index in [-0.39, 0.29) is 5.96 Å². The highest BCUT2D eigenvalue weighted by Gasteiger charge is 2.21. The molecule has 0 aromatic heterocycles. The summed E-state index contributed by atoms with van der Waals surface area (Å²) < 4.78 is 0. The van der Waals surface area contributed by atoms with Crippen molar-refractivity contribution in [2.45, 2.75) is 79.6 Å². The Bertz CT molecular complexity index is 1300. The van der Waals surface area contributed by atoms with Gasteiger partial charge in [0.1, 0.15) is 0 Å². The molecular formula is C38H52N4. The SMILES string of the molecule is C=C(C)CN=C(c1ccccc1C)C1CCCCC1.C=C(CC)c1ccc(CC)cc1.Cc1ccc(N=C(N)N)cc1. The summed E-state index contributed by atoms with van der Waals surface area (Å²) in [4.78, 5) is 8.77. The number of nitrogens with two attached hydrogens (primary N) is 2. The van der Waals surface area contributed by atoms with E-state index >= 15 is 0 Å². The van der Waals surface area contributed by atoms with E-state index in [0.29, 0.717) is 5.92 Å². The van der Waals surface area contributed by atoms with Gasteiger partial charge in [-0.25, -0.2) is 4.99 Å². The maximum Gasteiger partial charge on any atom is 0.191 e. The van der Waals surface area contributed by atoms with Crippen LogP contribution in [-0.4, -0.2) is 18.2 Å². The van der Waals surface area contributed by atoms with E-state index < -0.39 is 0 Å². The predicted molar refractivity (Wildman–Crippen MR) is 186 cm³/mol. The van der Waals surface area contributed by atoms with E-state index in [1.54, 1.807) is 0 Å². The Kier molecular flexibility index (Phi) is 15.1. The Hall–Kier alpha value is -3.92. The van der Waals surface area contributed by atoms with E-state index in [4.69, 9.17) is 16.5 Å². The van der Waals surface area contributed by atoms with Gasteiger partial charge in [0.15, 0.2) is 5.96 Å². The second-order valence-corrected chi connectivity index (χ2v) is 11.2. The van der Waals surface area contributed by atoms with Crippen LogP contribution in [0.25, 0.3) is 5.57 Å². The molecule has 0 amide bonds. The van der Waals surface area contributed by atoms with E-state index in [0.717, 1.165) is 30.6 Å². The Morgan fingerprint density at radius 1 is 0.833 bits per heavy atom. The standard InChI is InChI=1S/C18H25N.C12H16.C8H11N3/c1-14(2)13-19-18(16-10-5-4-6-11-16)17-12-8-7-9-15(17)3;1-4-10(3)12-8-6-11(5-2)7-9-12;1-6-2-4-7(5-3-6)11-8(9)10/h7-9,12,16H,1,4-6,10-11,13H2,2-3H3;6-9H,3-5H2,1-2H3;2-5H,1H3,(H4,9,10,11). The van der Waals surface area contributed by atoms with Gasteiger partial charge in [0, 0.05) is 11.6 Å². The number of hydrogen-bond acceptors (Lipinski definition) is 2. The molecule has 4 nitrogen and oxygen atoms in total. The van der Waals surface area contributed by atoms with Crippen LogP contribution in [0.5, 0.6) is 0 Å². The quantitative estimate of drug-likeness (QED) is 0.162. The average Bonchev–Trinajstić information content (AvgIpc) is 3.00. The maximum absolute atomic E-state index is 5.19. The molecule has 4 rings (SSSR count). The molecule has 224 valence electrons. The summed E-state index contributed by atoms with van der Waals surface area (Å²) in [6.07, 6.45) is 8.82. The smallest absolute Gasteiger partial charge is 0.191 e. The van der Waals surface area contributed by atoms with Crippen molar-refractivity contribution in [3.8, 4) is 0 Å². The molecule has 0 heterocycles. The molecule has 1 aliphatic rings. The fourth-order valence-corrected chi connectivity index (χ4v) is 4.84. The van der Waals surface area contributed by atoms with Crippen LogP contribution in [-0.2, 0) is 6.42 Å². The molecule has 1 saturated carbocycles. The van der Waals surface area contributed by atoms with E-state index in [1.165, 1.54) is 71.2 Å². The third kappa shape index (κ3) is 12.3. The molecule has 42 heavy (non-hydrogen) atoms. The molecule has 0 unspecified atom stereocenters. The van der Waals surface area contributed by atoms with Crippen molar-refractivity contribution in [2.24, 2.45) is 27.4 Å². The van der Waals surface area contributed by atoms with Crippen molar-refractivity contribution in [2.75, 3.05) is 6.54 Å². The monoisotopic (exact) mass is 564 g/mol. The zero-order valence-electron chi connectivity index (χ0n) is 26.6. The predicted octanol–water partition coefficient (Wildman–Crippen LogP) is 9.51. The van der Waals surface area contributed by atoms with E-state index in [1.807, 2.05) is 31.2 Å². The molecule has 0 aliphatic heterocycles. The second kappa shape index (κ2) is 18.5. The lowest BCUT2D eigenvalue weighted by Crippen LogP contribution is -2.21. The molecule has 3 aromatic carbocycles. The van der Waals surface area contributed by atoms with Gasteiger partial charge in [-0.05, 0) is 86.4 Å². The highest BCUT2D eigenvalue weighted by atomic mass is 15.0. The molecule has 0 atom stereocenters. The zero-order chi connectivity index (χ0) is 30.9. The summed E-state index contributed by atoms with van der Waals surface area (Å²) in [7, 11) is 0. The fourth-order valence-electron chi connectivity index (χ4n) is 4.84. The molecule has 3 aromatic rings. The third-order valence-electron chi connectivity index (χ3n) is 7.42. The largest absolute Gasteiger partial charge is 0.370 e. The Morgan fingerprint density at radius 2 is 1.45 bits per heavy atom. The average molecular weight is 565 g/mol. The maximum atomic E-state index is 5.19. The molecule has 4 N–H and O–H groups in total. The van der Waals surface area contributed by atoms with Crippen LogP contribution in [0.2, 0.25) is 0 Å². The number of allylic oxidation sites excluding steroid dienone is 1. The van der Waals surface area contributed by atoms with Crippen LogP contribution < -0.4 is 11.5 Å². The minimum atomic E-state index is 0.0915. The molecule has 1 fully saturated rings. The van der Waals surface area contributed by atoms with Crippen LogP contribution >= 0.6 is 0 Å². The Labute approximate surface area is 255 Å². The first kappa shape index (κ1) is 34.3. The van der Waals surface area contributed by atoms with Crippen molar-refractivity contribution in [1.82, 2.24) is 0 Å². The van der Waals surface area contributed by atoms with Gasteiger partial charge in [-0.3, -0.25) is 4.99 Å². The number of guanidine groups is 1. The third-order valence-corrected chi connectivity index (χ3v) is 7.42. The first-order chi connectivity index (χ1) is 20.1. The van der Waals surface area contributed by atoms with Gasteiger partial charge >= 0.3 is 0 Å². The van der Waals surface area contributed by atoms with Gasteiger partial charge < -0.3 is 11.5 Å². The lowest BCUT2D eigenvalue weighted by molar-refractivity contribution is 0.439. The lowest BCUT2D eigenvalue weighted by Gasteiger charge is -2.24. The molecule has 0 spiro atoms. The molecular weight excluding hydrogens is 512 g/mol. The summed E-state index contributed by atoms with van der Waals surface area (Å²) in [5, 5.41) is 0. The van der Waals surface area contributed by atoms with Crippen molar-refractivity contribution in [3.63, 3.8) is 0 Å². The van der Waals surface area contributed by atoms with Gasteiger partial charge in [0.25, 0.3) is 0 Å². The topological polar surface area (TPSA) is 76.8 Å². The minimum Gasteiger partial charge on any atom is -0.370 e. The number of aryl methyl sites for hydroxylation is 3. The fraction of sp³-hybridized carbons (Fsp3) is 0.368. The van der Waals surface area contributed by atoms with Gasteiger partial charge in [-0.2, -0.15) is 0 Å². The molecule has 0 bridgehead atoms. The van der Waals surface area contributed by atoms with Gasteiger partial charge in [0.2, 0.25) is 0 Å². The van der Waals surface area contributed by atoms with Crippen LogP contribution in [0.1, 0.15) is 87.1 Å².